The van der Waals surface area contributed by atoms with E-state index in [0.29, 0.717) is 5.92 Å². The minimum atomic E-state index is -0.256. The topological polar surface area (TPSA) is 47.0 Å². The van der Waals surface area contributed by atoms with Gasteiger partial charge >= 0.3 is 0 Å². The summed E-state index contributed by atoms with van der Waals surface area (Å²) in [5.41, 5.74) is 3.54. The van der Waals surface area contributed by atoms with Crippen molar-refractivity contribution in [3.8, 4) is 0 Å². The summed E-state index contributed by atoms with van der Waals surface area (Å²) in [6.45, 7) is 6.36. The number of rotatable bonds is 3. The second-order valence-electron chi connectivity index (χ2n) is 6.70. The van der Waals surface area contributed by atoms with Crippen molar-refractivity contribution >= 4 is 0 Å². The minimum Gasteiger partial charge on any atom is -0.370 e. The minimum absolute atomic E-state index is 0.256. The number of nitrogens with zero attached hydrogens (tertiary/aromatic N) is 2. The van der Waals surface area contributed by atoms with Gasteiger partial charge in [0.2, 0.25) is 0 Å². The lowest BCUT2D eigenvalue weighted by molar-refractivity contribution is -0.0519. The molecular weight excluding hydrogens is 262 g/mol. The molecule has 0 atom stereocenters. The van der Waals surface area contributed by atoms with Gasteiger partial charge in [-0.1, -0.05) is 33.1 Å². The summed E-state index contributed by atoms with van der Waals surface area (Å²) in [4.78, 5) is 9.91. The molecule has 3 rings (SSSR count). The highest BCUT2D eigenvalue weighted by Crippen LogP contribution is 2.39. The molecule has 0 saturated heterocycles. The van der Waals surface area contributed by atoms with Gasteiger partial charge < -0.3 is 10.1 Å². The molecule has 0 spiro atoms. The smallest absolute Gasteiger partial charge is 0.160 e. The van der Waals surface area contributed by atoms with Gasteiger partial charge in [0.1, 0.15) is 5.60 Å². The lowest BCUT2D eigenvalue weighted by atomic mass is 9.83. The summed E-state index contributed by atoms with van der Waals surface area (Å²) in [6.07, 6.45) is 6.87. The number of fused-ring (bicyclic) bond motifs is 1. The van der Waals surface area contributed by atoms with Crippen molar-refractivity contribution in [2.45, 2.75) is 70.4 Å². The molecule has 1 aromatic heterocycles. The molecule has 1 aliphatic heterocycles. The second kappa shape index (κ2) is 6.01. The fraction of sp³-hybridized carbons (Fsp3) is 0.765. The molecule has 1 fully saturated rings. The maximum atomic E-state index is 5.95. The Balaban J connectivity index is 2.07. The van der Waals surface area contributed by atoms with Crippen LogP contribution in [-0.2, 0) is 23.3 Å². The Morgan fingerprint density at radius 1 is 1.14 bits per heavy atom. The van der Waals surface area contributed by atoms with Gasteiger partial charge in [-0.25, -0.2) is 9.97 Å². The van der Waals surface area contributed by atoms with Crippen molar-refractivity contribution in [2.75, 3.05) is 13.7 Å². The van der Waals surface area contributed by atoms with Gasteiger partial charge in [-0.15, -0.1) is 0 Å². The maximum Gasteiger partial charge on any atom is 0.160 e. The first-order valence-electron chi connectivity index (χ1n) is 8.32. The number of hydrogen-bond acceptors (Lipinski definition) is 4. The van der Waals surface area contributed by atoms with E-state index in [-0.39, 0.29) is 5.60 Å². The molecular formula is C17H27N3O. The van der Waals surface area contributed by atoms with Crippen LogP contribution in [0.1, 0.15) is 74.6 Å². The van der Waals surface area contributed by atoms with Crippen LogP contribution in [0, 0.1) is 0 Å². The van der Waals surface area contributed by atoms with Crippen molar-refractivity contribution in [3.05, 3.63) is 22.8 Å². The van der Waals surface area contributed by atoms with E-state index < -0.39 is 0 Å². The van der Waals surface area contributed by atoms with Gasteiger partial charge in [0, 0.05) is 13.7 Å². The normalized spacial score (nSPS) is 21.3. The third-order valence-corrected chi connectivity index (χ3v) is 4.98. The summed E-state index contributed by atoms with van der Waals surface area (Å²) in [5, 5.41) is 3.44. The molecule has 0 bridgehead atoms. The van der Waals surface area contributed by atoms with Gasteiger partial charge in [0.05, 0.1) is 11.4 Å². The largest absolute Gasteiger partial charge is 0.370 e. The first-order valence-corrected chi connectivity index (χ1v) is 8.32. The first kappa shape index (κ1) is 14.9. The van der Waals surface area contributed by atoms with E-state index in [0.717, 1.165) is 38.2 Å². The van der Waals surface area contributed by atoms with E-state index in [4.69, 9.17) is 14.7 Å². The Labute approximate surface area is 127 Å². The predicted octanol–water partition coefficient (Wildman–Crippen LogP) is 3.05. The SMILES string of the molecule is COC1(c2nc3c(c(C(C)C)n2)CCNC3)CCCCC1. The number of ether oxygens (including phenoxy) is 1. The van der Waals surface area contributed by atoms with Crippen LogP contribution in [0.3, 0.4) is 0 Å². The quantitative estimate of drug-likeness (QED) is 0.929. The van der Waals surface area contributed by atoms with Crippen molar-refractivity contribution in [1.82, 2.24) is 15.3 Å². The zero-order valence-electron chi connectivity index (χ0n) is 13.5. The summed E-state index contributed by atoms with van der Waals surface area (Å²) in [7, 11) is 1.82. The van der Waals surface area contributed by atoms with Gasteiger partial charge in [0.15, 0.2) is 5.82 Å². The van der Waals surface area contributed by atoms with Crippen LogP contribution in [0.15, 0.2) is 0 Å². The van der Waals surface area contributed by atoms with Crippen LogP contribution in [0.25, 0.3) is 0 Å². The second-order valence-corrected chi connectivity index (χ2v) is 6.70. The lowest BCUT2D eigenvalue weighted by Gasteiger charge is -2.36. The van der Waals surface area contributed by atoms with Crippen LogP contribution >= 0.6 is 0 Å². The van der Waals surface area contributed by atoms with Gasteiger partial charge in [-0.05, 0) is 37.3 Å². The standard InChI is InChI=1S/C17H27N3O/c1-12(2)15-13-7-10-18-11-14(13)19-16(20-15)17(21-3)8-5-4-6-9-17/h12,18H,4-11H2,1-3H3. The zero-order chi connectivity index (χ0) is 14.9. The molecule has 21 heavy (non-hydrogen) atoms. The maximum absolute atomic E-state index is 5.95. The highest BCUT2D eigenvalue weighted by Gasteiger charge is 2.38. The van der Waals surface area contributed by atoms with Crippen molar-refractivity contribution < 1.29 is 4.74 Å². The summed E-state index contributed by atoms with van der Waals surface area (Å²) < 4.78 is 5.95. The molecule has 2 aliphatic rings. The molecule has 0 amide bonds. The molecule has 1 saturated carbocycles. The van der Waals surface area contributed by atoms with E-state index >= 15 is 0 Å². The van der Waals surface area contributed by atoms with Crippen molar-refractivity contribution in [1.29, 1.82) is 0 Å². The molecule has 1 aromatic rings. The number of nitrogens with one attached hydrogen (secondary N) is 1. The average molecular weight is 289 g/mol. The average Bonchev–Trinajstić information content (AvgIpc) is 2.54. The first-order chi connectivity index (χ1) is 10.2. The number of aromatic nitrogens is 2. The number of hydrogen-bond donors (Lipinski definition) is 1. The van der Waals surface area contributed by atoms with Crippen LogP contribution in [0.5, 0.6) is 0 Å². The molecule has 2 heterocycles. The van der Waals surface area contributed by atoms with E-state index in [1.54, 1.807) is 0 Å². The third-order valence-electron chi connectivity index (χ3n) is 4.98. The van der Waals surface area contributed by atoms with Gasteiger partial charge in [-0.3, -0.25) is 0 Å². The Bertz CT molecular complexity index is 507. The van der Waals surface area contributed by atoms with Crippen LogP contribution in [0.4, 0.5) is 0 Å². The molecule has 1 N–H and O–H groups in total. The molecule has 0 aromatic carbocycles. The third kappa shape index (κ3) is 2.71. The fourth-order valence-corrected chi connectivity index (χ4v) is 3.71. The Kier molecular flexibility index (Phi) is 4.27. The molecule has 4 nitrogen and oxygen atoms in total. The molecule has 1 aliphatic carbocycles. The molecule has 4 heteroatoms. The Morgan fingerprint density at radius 3 is 2.57 bits per heavy atom. The van der Waals surface area contributed by atoms with Crippen LogP contribution < -0.4 is 5.32 Å². The van der Waals surface area contributed by atoms with Crippen molar-refractivity contribution in [3.63, 3.8) is 0 Å². The monoisotopic (exact) mass is 289 g/mol. The Hall–Kier alpha value is -1.00. The number of methoxy groups -OCH3 is 1. The van der Waals surface area contributed by atoms with Gasteiger partial charge in [-0.2, -0.15) is 0 Å². The summed E-state index contributed by atoms with van der Waals surface area (Å²) >= 11 is 0. The van der Waals surface area contributed by atoms with E-state index in [9.17, 15) is 0 Å². The highest BCUT2D eigenvalue weighted by molar-refractivity contribution is 5.31. The van der Waals surface area contributed by atoms with Gasteiger partial charge in [0.25, 0.3) is 0 Å². The van der Waals surface area contributed by atoms with E-state index in [1.807, 2.05) is 7.11 Å². The van der Waals surface area contributed by atoms with E-state index in [2.05, 4.69) is 19.2 Å². The summed E-state index contributed by atoms with van der Waals surface area (Å²) in [5.74, 6) is 1.37. The summed E-state index contributed by atoms with van der Waals surface area (Å²) in [6, 6.07) is 0. The van der Waals surface area contributed by atoms with Crippen LogP contribution in [0.2, 0.25) is 0 Å². The predicted molar refractivity (Wildman–Crippen MR) is 83.3 cm³/mol. The lowest BCUT2D eigenvalue weighted by Crippen LogP contribution is -2.36. The Morgan fingerprint density at radius 2 is 1.90 bits per heavy atom. The van der Waals surface area contributed by atoms with Crippen molar-refractivity contribution in [2.24, 2.45) is 0 Å². The highest BCUT2D eigenvalue weighted by atomic mass is 16.5. The molecule has 0 unspecified atom stereocenters. The zero-order valence-corrected chi connectivity index (χ0v) is 13.5. The fourth-order valence-electron chi connectivity index (χ4n) is 3.71. The molecule has 0 radical (unpaired) electrons. The van der Waals surface area contributed by atoms with E-state index in [1.165, 1.54) is 36.2 Å². The molecule has 116 valence electrons. The van der Waals surface area contributed by atoms with Crippen LogP contribution in [-0.4, -0.2) is 23.6 Å².